The molecule has 0 aromatic heterocycles. The van der Waals surface area contributed by atoms with Crippen molar-refractivity contribution in [3.8, 4) is 0 Å². The van der Waals surface area contributed by atoms with Gasteiger partial charge in [0.15, 0.2) is 0 Å². The molecule has 0 N–H and O–H groups in total. The van der Waals surface area contributed by atoms with Crippen molar-refractivity contribution in [2.24, 2.45) is 0 Å². The monoisotopic (exact) mass is 348 g/mol. The molecule has 0 radical (unpaired) electrons. The van der Waals surface area contributed by atoms with E-state index in [0.717, 1.165) is 4.90 Å². The summed E-state index contributed by atoms with van der Waals surface area (Å²) >= 11 is 10.3. The van der Waals surface area contributed by atoms with Crippen molar-refractivity contribution in [2.45, 2.75) is 10.6 Å². The molecule has 0 nitrogen and oxygen atoms in total. The normalized spacial score (nSPS) is 10.7. The Morgan fingerprint density at radius 1 is 1.06 bits per heavy atom. The molecule has 18 heavy (non-hydrogen) atoms. The largest absolute Gasteiger partial charge is 0.207 e. The average molecular weight is 350 g/mol. The topological polar surface area (TPSA) is 0 Å². The highest BCUT2D eigenvalue weighted by atomic mass is 79.9. The zero-order valence-electron chi connectivity index (χ0n) is 9.09. The Hall–Kier alpha value is -0.580. The summed E-state index contributed by atoms with van der Waals surface area (Å²) in [7, 11) is 0. The van der Waals surface area contributed by atoms with E-state index >= 15 is 0 Å². The van der Waals surface area contributed by atoms with Crippen LogP contribution >= 0.6 is 39.3 Å². The summed E-state index contributed by atoms with van der Waals surface area (Å²) < 4.78 is 27.2. The molecule has 5 heteroatoms. The predicted octanol–water partition coefficient (Wildman–Crippen LogP) is 5.67. The first-order chi connectivity index (χ1) is 8.56. The Kier molecular flexibility index (Phi) is 4.65. The van der Waals surface area contributed by atoms with Crippen LogP contribution in [0.5, 0.6) is 0 Å². The summed E-state index contributed by atoms with van der Waals surface area (Å²) in [5, 5.41) is 0.0799. The second kappa shape index (κ2) is 6.04. The lowest BCUT2D eigenvalue weighted by Gasteiger charge is -2.05. The highest BCUT2D eigenvalue weighted by molar-refractivity contribution is 9.10. The van der Waals surface area contributed by atoms with Crippen LogP contribution in [0.2, 0.25) is 5.02 Å². The van der Waals surface area contributed by atoms with Gasteiger partial charge in [-0.05, 0) is 35.9 Å². The summed E-state index contributed by atoms with van der Waals surface area (Å²) in [6.07, 6.45) is 0. The van der Waals surface area contributed by atoms with E-state index in [-0.39, 0.29) is 10.8 Å². The van der Waals surface area contributed by atoms with Gasteiger partial charge in [0, 0.05) is 15.1 Å². The summed E-state index contributed by atoms with van der Waals surface area (Å²) in [4.78, 5) is 0.809. The van der Waals surface area contributed by atoms with Crippen LogP contribution in [0, 0.1) is 11.6 Å². The third-order valence-corrected chi connectivity index (χ3v) is 4.13. The standard InChI is InChI=1S/C13H8BrClF2S/c14-9-2-1-8(13(17)5-9)7-18-10-3-4-12(16)11(15)6-10/h1-6H,7H2. The van der Waals surface area contributed by atoms with Gasteiger partial charge in [0.1, 0.15) is 11.6 Å². The SMILES string of the molecule is Fc1ccc(SCc2ccc(Br)cc2F)cc1Cl. The molecule has 0 bridgehead atoms. The van der Waals surface area contributed by atoms with E-state index in [1.54, 1.807) is 18.2 Å². The van der Waals surface area contributed by atoms with Crippen molar-refractivity contribution in [1.29, 1.82) is 0 Å². The lowest BCUT2D eigenvalue weighted by atomic mass is 10.2. The zero-order valence-corrected chi connectivity index (χ0v) is 12.2. The van der Waals surface area contributed by atoms with Crippen LogP contribution in [-0.2, 0) is 5.75 Å². The van der Waals surface area contributed by atoms with E-state index in [9.17, 15) is 8.78 Å². The molecule has 94 valence electrons. The Morgan fingerprint density at radius 2 is 1.83 bits per heavy atom. The summed E-state index contributed by atoms with van der Waals surface area (Å²) in [5.41, 5.74) is 0.601. The first-order valence-electron chi connectivity index (χ1n) is 5.08. The minimum Gasteiger partial charge on any atom is -0.207 e. The van der Waals surface area contributed by atoms with E-state index in [2.05, 4.69) is 15.9 Å². The highest BCUT2D eigenvalue weighted by Crippen LogP contribution is 2.28. The lowest BCUT2D eigenvalue weighted by molar-refractivity contribution is 0.616. The van der Waals surface area contributed by atoms with Gasteiger partial charge in [0.2, 0.25) is 0 Å². The van der Waals surface area contributed by atoms with Gasteiger partial charge in [-0.1, -0.05) is 33.6 Å². The molecule has 0 heterocycles. The van der Waals surface area contributed by atoms with Gasteiger partial charge in [0.05, 0.1) is 5.02 Å². The third kappa shape index (κ3) is 3.46. The quantitative estimate of drug-likeness (QED) is 0.643. The molecule has 0 aliphatic carbocycles. The van der Waals surface area contributed by atoms with E-state index in [0.29, 0.717) is 15.8 Å². The number of rotatable bonds is 3. The number of thioether (sulfide) groups is 1. The number of benzene rings is 2. The van der Waals surface area contributed by atoms with Crippen LogP contribution in [0.3, 0.4) is 0 Å². The number of hydrogen-bond donors (Lipinski definition) is 0. The van der Waals surface area contributed by atoms with Gasteiger partial charge in [-0.3, -0.25) is 0 Å². The van der Waals surface area contributed by atoms with Crippen LogP contribution < -0.4 is 0 Å². The van der Waals surface area contributed by atoms with Crippen LogP contribution in [0.1, 0.15) is 5.56 Å². The molecule has 0 aliphatic rings. The van der Waals surface area contributed by atoms with Gasteiger partial charge in [-0.2, -0.15) is 0 Å². The lowest BCUT2D eigenvalue weighted by Crippen LogP contribution is -1.87. The molecule has 0 saturated heterocycles. The number of hydrogen-bond acceptors (Lipinski definition) is 1. The summed E-state index contributed by atoms with van der Waals surface area (Å²) in [6, 6.07) is 9.41. The molecule has 0 aliphatic heterocycles. The molecular formula is C13H8BrClF2S. The van der Waals surface area contributed by atoms with Gasteiger partial charge in [-0.15, -0.1) is 11.8 Å². The van der Waals surface area contributed by atoms with Gasteiger partial charge < -0.3 is 0 Å². The van der Waals surface area contributed by atoms with E-state index < -0.39 is 5.82 Å². The van der Waals surface area contributed by atoms with Crippen LogP contribution in [-0.4, -0.2) is 0 Å². The fourth-order valence-electron chi connectivity index (χ4n) is 1.37. The molecule has 0 unspecified atom stereocenters. The van der Waals surface area contributed by atoms with Crippen LogP contribution in [0.4, 0.5) is 8.78 Å². The maximum Gasteiger partial charge on any atom is 0.141 e. The molecule has 0 saturated carbocycles. The predicted molar refractivity (Wildman–Crippen MR) is 75.1 cm³/mol. The first-order valence-corrected chi connectivity index (χ1v) is 7.23. The molecule has 0 fully saturated rings. The van der Waals surface area contributed by atoms with Crippen molar-refractivity contribution >= 4 is 39.3 Å². The Morgan fingerprint density at radius 3 is 2.50 bits per heavy atom. The number of halogens is 4. The van der Waals surface area contributed by atoms with Crippen molar-refractivity contribution in [3.63, 3.8) is 0 Å². The second-order valence-corrected chi connectivity index (χ2v) is 5.97. The fraction of sp³-hybridized carbons (Fsp3) is 0.0769. The zero-order chi connectivity index (χ0) is 13.1. The first kappa shape index (κ1) is 13.8. The maximum absolute atomic E-state index is 13.6. The van der Waals surface area contributed by atoms with E-state index in [4.69, 9.17) is 11.6 Å². The van der Waals surface area contributed by atoms with Gasteiger partial charge in [0.25, 0.3) is 0 Å². The molecule has 0 atom stereocenters. The van der Waals surface area contributed by atoms with Crippen LogP contribution in [0.25, 0.3) is 0 Å². The summed E-state index contributed by atoms with van der Waals surface area (Å²) in [6.45, 7) is 0. The molecular weight excluding hydrogens is 342 g/mol. The summed E-state index contributed by atoms with van der Waals surface area (Å²) in [5.74, 6) is -0.234. The molecule has 0 amide bonds. The van der Waals surface area contributed by atoms with Crippen molar-refractivity contribution in [2.75, 3.05) is 0 Å². The Labute approximate surface area is 121 Å². The average Bonchev–Trinajstić information content (AvgIpc) is 2.32. The van der Waals surface area contributed by atoms with Gasteiger partial charge >= 0.3 is 0 Å². The minimum atomic E-state index is -0.448. The van der Waals surface area contributed by atoms with Crippen molar-refractivity contribution in [1.82, 2.24) is 0 Å². The highest BCUT2D eigenvalue weighted by Gasteiger charge is 2.05. The Balaban J connectivity index is 2.09. The smallest absolute Gasteiger partial charge is 0.141 e. The second-order valence-electron chi connectivity index (χ2n) is 3.60. The molecule has 2 aromatic rings. The molecule has 0 spiro atoms. The minimum absolute atomic E-state index is 0.0799. The molecule has 2 aromatic carbocycles. The molecule has 2 rings (SSSR count). The third-order valence-electron chi connectivity index (χ3n) is 2.30. The maximum atomic E-state index is 13.6. The van der Waals surface area contributed by atoms with Crippen molar-refractivity contribution < 1.29 is 8.78 Å². The van der Waals surface area contributed by atoms with Crippen LogP contribution in [0.15, 0.2) is 45.8 Å². The van der Waals surface area contributed by atoms with E-state index in [1.807, 2.05) is 0 Å². The fourth-order valence-corrected chi connectivity index (χ4v) is 2.87. The van der Waals surface area contributed by atoms with E-state index in [1.165, 1.54) is 30.0 Å². The Bertz CT molecular complexity index is 575. The van der Waals surface area contributed by atoms with Gasteiger partial charge in [-0.25, -0.2) is 8.78 Å². The van der Waals surface area contributed by atoms with Crippen molar-refractivity contribution in [3.05, 3.63) is 63.1 Å².